The SMILES string of the molecule is CCCCCCCCCCCCCCCC(=O)OCC(COP(=O)(O)OCC[N+](C)(C)C)OC(=O)CCCCOc1ccc2c(c1)/N=C/C1N3C(=C(CC)C13C)Cc1[nH]c(c(CC)c1CC)Cc1[nH]c(c(C)c1CC)/C=N/2. The van der Waals surface area contributed by atoms with Crippen molar-refractivity contribution in [1.29, 1.82) is 0 Å². The summed E-state index contributed by atoms with van der Waals surface area (Å²) in [5.41, 5.74) is 14.6. The fourth-order valence-corrected chi connectivity index (χ4v) is 12.2. The number of quaternary nitrogens is 1. The van der Waals surface area contributed by atoms with Gasteiger partial charge in [0.25, 0.3) is 0 Å². The van der Waals surface area contributed by atoms with Crippen molar-refractivity contribution in [1.82, 2.24) is 14.9 Å². The van der Waals surface area contributed by atoms with E-state index in [1.807, 2.05) is 45.6 Å². The number of nitrogens with zero attached hydrogens (tertiary/aromatic N) is 4. The molecular weight excluding hydrogens is 992 g/mol. The first-order valence-corrected chi connectivity index (χ1v) is 31.0. The Morgan fingerprint density at radius 3 is 1.99 bits per heavy atom. The molecule has 428 valence electrons. The van der Waals surface area contributed by atoms with Crippen LogP contribution in [0.4, 0.5) is 11.4 Å². The van der Waals surface area contributed by atoms with E-state index in [2.05, 4.69) is 69.5 Å². The van der Waals surface area contributed by atoms with Crippen LogP contribution in [0, 0.1) is 6.92 Å². The van der Waals surface area contributed by atoms with Gasteiger partial charge in [-0.1, -0.05) is 112 Å². The standard InChI is InChI=1S/C61H95N6O9P/c1-11-16-17-18-19-20-21-22-23-24-25-26-27-30-59(68)73-42-46(43-75-77(70,71)74-36-34-67(8,9)10)76-60(69)31-28-29-35-72-45-32-33-51-55(37-45)63-41-58-61(7)50(15-5)57(66(58)61)39-54-49(14-4)48(13-3)53(64-54)38-52-47(12-2)44(6)56(65-52)40-62-51/h32-33,37,40-41,46,58,64H,11-31,34-36,38-39,42-43H2,1-10H3,(H-,62,65,70,71)/p+1/b63-41+. The third-order valence-electron chi connectivity index (χ3n) is 15.9. The number of hydrogen-bond donors (Lipinski definition) is 3. The lowest BCUT2D eigenvalue weighted by molar-refractivity contribution is -0.870. The molecule has 0 amide bonds. The minimum Gasteiger partial charge on any atom is -0.494 e. The van der Waals surface area contributed by atoms with E-state index in [4.69, 9.17) is 33.2 Å². The Bertz CT molecular complexity index is 2540. The number of benzene rings is 1. The van der Waals surface area contributed by atoms with Crippen LogP contribution in [0.2, 0.25) is 0 Å². The lowest BCUT2D eigenvalue weighted by Gasteiger charge is -2.31. The molecule has 3 N–H and O–H groups in total. The molecule has 1 fully saturated rings. The second kappa shape index (κ2) is 29.6. The van der Waals surface area contributed by atoms with Crippen molar-refractivity contribution in [2.75, 3.05) is 54.1 Å². The minimum absolute atomic E-state index is 0.00849. The van der Waals surface area contributed by atoms with Crippen molar-refractivity contribution in [3.63, 3.8) is 0 Å². The van der Waals surface area contributed by atoms with E-state index >= 15 is 0 Å². The highest BCUT2D eigenvalue weighted by molar-refractivity contribution is 7.47. The molecule has 1 aromatic carbocycles. The Morgan fingerprint density at radius 2 is 1.35 bits per heavy atom. The van der Waals surface area contributed by atoms with Gasteiger partial charge in [-0.2, -0.15) is 0 Å². The van der Waals surface area contributed by atoms with Crippen LogP contribution in [0.5, 0.6) is 5.75 Å². The number of unbranched alkanes of at least 4 members (excludes halogenated alkanes) is 13. The monoisotopic (exact) mass is 1090 g/mol. The summed E-state index contributed by atoms with van der Waals surface area (Å²) in [7, 11) is 1.35. The Hall–Kier alpha value is -4.53. The zero-order chi connectivity index (χ0) is 55.6. The highest BCUT2D eigenvalue weighted by Gasteiger charge is 2.68. The van der Waals surface area contributed by atoms with Crippen molar-refractivity contribution >= 4 is 43.6 Å². The normalized spacial score (nSPS) is 18.9. The van der Waals surface area contributed by atoms with Gasteiger partial charge in [0, 0.05) is 60.7 Å². The number of carbonyl (C=O) groups excluding carboxylic acids is 2. The van der Waals surface area contributed by atoms with E-state index in [1.54, 1.807) is 0 Å². The molecule has 3 aliphatic rings. The molecule has 15 nitrogen and oxygen atoms in total. The Morgan fingerprint density at radius 1 is 0.740 bits per heavy atom. The fraction of sp³-hybridized carbons (Fsp3) is 0.672. The second-order valence-electron chi connectivity index (χ2n) is 22.7. The van der Waals surface area contributed by atoms with Gasteiger partial charge in [-0.3, -0.25) is 28.6 Å². The molecule has 3 aliphatic heterocycles. The number of rotatable bonds is 34. The van der Waals surface area contributed by atoms with Gasteiger partial charge in [-0.25, -0.2) is 4.57 Å². The Labute approximate surface area is 461 Å². The number of fused-ring (bicyclic) bond motifs is 6. The fourth-order valence-electron chi connectivity index (χ4n) is 11.4. The number of carbonyl (C=O) groups is 2. The maximum atomic E-state index is 13.2. The zero-order valence-corrected chi connectivity index (χ0v) is 49.7. The topological polar surface area (TPSA) is 177 Å². The molecular formula is C61H96N6O9P+. The van der Waals surface area contributed by atoms with Crippen LogP contribution in [0.15, 0.2) is 39.5 Å². The molecule has 0 radical (unpaired) electrons. The van der Waals surface area contributed by atoms with Crippen LogP contribution in [0.25, 0.3) is 0 Å². The summed E-state index contributed by atoms with van der Waals surface area (Å²) in [6, 6.07) is 5.94. The number of aromatic nitrogens is 2. The third-order valence-corrected chi connectivity index (χ3v) is 16.9. The quantitative estimate of drug-likeness (QED) is 0.0171. The first-order valence-electron chi connectivity index (χ1n) is 29.5. The predicted octanol–water partition coefficient (Wildman–Crippen LogP) is 13.4. The third kappa shape index (κ3) is 17.5. The Kier molecular flexibility index (Phi) is 23.7. The molecule has 16 heteroatoms. The van der Waals surface area contributed by atoms with E-state index in [0.717, 1.165) is 69.2 Å². The van der Waals surface area contributed by atoms with Gasteiger partial charge in [0.05, 0.1) is 69.2 Å². The number of esters is 2. The Balaban J connectivity index is 1.03. The molecule has 4 unspecified atom stereocenters. The summed E-state index contributed by atoms with van der Waals surface area (Å²) >= 11 is 0. The molecule has 0 saturated carbocycles. The first kappa shape index (κ1) is 61.7. The van der Waals surface area contributed by atoms with Crippen LogP contribution >= 0.6 is 7.82 Å². The molecule has 5 heterocycles. The van der Waals surface area contributed by atoms with Gasteiger partial charge >= 0.3 is 19.8 Å². The number of allylic oxidation sites excluding steroid dienone is 1. The van der Waals surface area contributed by atoms with E-state index < -0.39 is 32.5 Å². The van der Waals surface area contributed by atoms with E-state index in [1.165, 1.54) is 108 Å². The minimum atomic E-state index is -4.47. The number of phosphoric acid groups is 1. The average Bonchev–Trinajstić information content (AvgIpc) is 3.78. The van der Waals surface area contributed by atoms with Gasteiger partial charge in [0.15, 0.2) is 6.10 Å². The lowest BCUT2D eigenvalue weighted by Crippen LogP contribution is -2.37. The molecule has 3 aromatic rings. The van der Waals surface area contributed by atoms with Crippen LogP contribution in [0.1, 0.15) is 202 Å². The van der Waals surface area contributed by atoms with Crippen LogP contribution in [0.3, 0.4) is 0 Å². The van der Waals surface area contributed by atoms with Crippen LogP contribution in [-0.4, -0.2) is 120 Å². The number of aromatic amines is 2. The first-order chi connectivity index (χ1) is 37.0. The molecule has 6 rings (SSSR count). The molecule has 2 aromatic heterocycles. The smallest absolute Gasteiger partial charge is 0.472 e. The second-order valence-corrected chi connectivity index (χ2v) is 24.2. The number of phosphoric ester groups is 1. The van der Waals surface area contributed by atoms with Gasteiger partial charge < -0.3 is 38.5 Å². The predicted molar refractivity (Wildman–Crippen MR) is 309 cm³/mol. The van der Waals surface area contributed by atoms with Crippen molar-refractivity contribution < 1.29 is 46.8 Å². The number of aliphatic imine (C=N–C) groups is 2. The molecule has 4 atom stereocenters. The van der Waals surface area contributed by atoms with Gasteiger partial charge in [-0.05, 0) is 98.8 Å². The zero-order valence-electron chi connectivity index (χ0n) is 48.8. The number of nitrogens with one attached hydrogen (secondary N) is 2. The summed E-state index contributed by atoms with van der Waals surface area (Å²) in [5, 5.41) is 0. The maximum absolute atomic E-state index is 13.2. The number of ether oxygens (including phenoxy) is 3. The van der Waals surface area contributed by atoms with E-state index in [0.29, 0.717) is 48.3 Å². The van der Waals surface area contributed by atoms with Crippen molar-refractivity contribution in [2.24, 2.45) is 9.98 Å². The van der Waals surface area contributed by atoms with Crippen LogP contribution in [-0.2, 0) is 64.8 Å². The molecule has 4 bridgehead atoms. The van der Waals surface area contributed by atoms with Gasteiger partial charge in [0.2, 0.25) is 0 Å². The largest absolute Gasteiger partial charge is 0.494 e. The summed E-state index contributed by atoms with van der Waals surface area (Å²) in [4.78, 5) is 56.7. The highest BCUT2D eigenvalue weighted by Crippen LogP contribution is 2.61. The molecule has 0 spiro atoms. The summed E-state index contributed by atoms with van der Waals surface area (Å²) in [6.45, 7) is 15.8. The van der Waals surface area contributed by atoms with Crippen molar-refractivity contribution in [3.05, 3.63) is 74.5 Å². The van der Waals surface area contributed by atoms with Crippen molar-refractivity contribution in [3.8, 4) is 5.75 Å². The molecule has 77 heavy (non-hydrogen) atoms. The van der Waals surface area contributed by atoms with E-state index in [-0.39, 0.29) is 37.6 Å². The van der Waals surface area contributed by atoms with Crippen LogP contribution < -0.4 is 4.74 Å². The van der Waals surface area contributed by atoms with Gasteiger partial charge in [-0.15, -0.1) is 0 Å². The van der Waals surface area contributed by atoms with E-state index in [9.17, 15) is 19.0 Å². The number of hydrogen-bond acceptors (Lipinski definition) is 11. The lowest BCUT2D eigenvalue weighted by atomic mass is 9.87. The summed E-state index contributed by atoms with van der Waals surface area (Å²) < 4.78 is 41.2. The number of H-pyrrole nitrogens is 2. The summed E-state index contributed by atoms with van der Waals surface area (Å²) in [6.07, 6.45) is 25.4. The van der Waals surface area contributed by atoms with Crippen molar-refractivity contribution in [2.45, 2.75) is 214 Å². The maximum Gasteiger partial charge on any atom is 0.472 e. The summed E-state index contributed by atoms with van der Waals surface area (Å²) in [5.74, 6) is -0.310. The average molecular weight is 1090 g/mol. The molecule has 1 saturated heterocycles. The van der Waals surface area contributed by atoms with Gasteiger partial charge in [0.1, 0.15) is 25.5 Å². The molecule has 0 aliphatic carbocycles. The highest BCUT2D eigenvalue weighted by atomic mass is 31.2. The number of likely N-dealkylation sites (N-methyl/N-ethyl adjacent to an activating group) is 1.